The molecule has 0 aliphatic carbocycles. The van der Waals surface area contributed by atoms with Crippen LogP contribution in [0.2, 0.25) is 0 Å². The molecular formula is C8H17ClN2O3S. The van der Waals surface area contributed by atoms with Gasteiger partial charge >= 0.3 is 0 Å². The molecule has 1 saturated heterocycles. The number of sulfonamides is 1. The summed E-state index contributed by atoms with van der Waals surface area (Å²) in [6.45, 7) is 5.66. The molecule has 1 rings (SSSR count). The van der Waals surface area contributed by atoms with E-state index in [4.69, 9.17) is 16.3 Å². The van der Waals surface area contributed by atoms with E-state index in [1.54, 1.807) is 0 Å². The van der Waals surface area contributed by atoms with Crippen molar-refractivity contribution in [3.8, 4) is 0 Å². The Kier molecular flexibility index (Phi) is 5.28. The number of hydrogen-bond donors (Lipinski definition) is 1. The molecule has 7 heteroatoms. The van der Waals surface area contributed by atoms with E-state index in [9.17, 15) is 8.42 Å². The van der Waals surface area contributed by atoms with E-state index in [1.165, 1.54) is 0 Å². The fourth-order valence-electron chi connectivity index (χ4n) is 1.45. The van der Waals surface area contributed by atoms with Gasteiger partial charge in [-0.25, -0.2) is 13.1 Å². The molecule has 1 aliphatic rings. The van der Waals surface area contributed by atoms with Crippen LogP contribution in [-0.4, -0.2) is 57.4 Å². The van der Waals surface area contributed by atoms with Gasteiger partial charge in [-0.15, -0.1) is 11.6 Å². The Hall–Kier alpha value is 0.120. The highest BCUT2D eigenvalue weighted by atomic mass is 35.5. The van der Waals surface area contributed by atoms with Crippen molar-refractivity contribution in [1.82, 2.24) is 9.62 Å². The molecule has 1 heterocycles. The van der Waals surface area contributed by atoms with Gasteiger partial charge in [0.1, 0.15) is 5.21 Å². The topological polar surface area (TPSA) is 58.6 Å². The van der Waals surface area contributed by atoms with Crippen molar-refractivity contribution in [2.45, 2.75) is 13.0 Å². The summed E-state index contributed by atoms with van der Waals surface area (Å²) in [6.07, 6.45) is -0.0725. The lowest BCUT2D eigenvalue weighted by Gasteiger charge is -2.31. The van der Waals surface area contributed by atoms with Crippen molar-refractivity contribution in [2.24, 2.45) is 0 Å². The Labute approximate surface area is 95.8 Å². The Morgan fingerprint density at radius 3 is 2.93 bits per heavy atom. The number of rotatable bonds is 5. The lowest BCUT2D eigenvalue weighted by molar-refractivity contribution is -0.0229. The third kappa shape index (κ3) is 4.65. The number of likely N-dealkylation sites (N-methyl/N-ethyl adjacent to an activating group) is 1. The largest absolute Gasteiger partial charge is 0.374 e. The fraction of sp³-hybridized carbons (Fsp3) is 1.00. The first-order valence-corrected chi connectivity index (χ1v) is 7.13. The lowest BCUT2D eigenvalue weighted by Crippen LogP contribution is -2.47. The van der Waals surface area contributed by atoms with Gasteiger partial charge in [0.25, 0.3) is 0 Å². The van der Waals surface area contributed by atoms with E-state index < -0.39 is 15.2 Å². The summed E-state index contributed by atoms with van der Waals surface area (Å²) < 4.78 is 30.0. The Bertz CT molecular complexity index is 284. The smallest absolute Gasteiger partial charge is 0.225 e. The van der Waals surface area contributed by atoms with Crippen LogP contribution in [0, 0.1) is 0 Å². The van der Waals surface area contributed by atoms with Crippen LogP contribution in [0.5, 0.6) is 0 Å². The van der Waals surface area contributed by atoms with Crippen LogP contribution in [0.1, 0.15) is 6.92 Å². The van der Waals surface area contributed by atoms with Gasteiger partial charge in [0.05, 0.1) is 12.7 Å². The standard InChI is InChI=1S/C8H17ClN2O3S/c1-2-11-3-4-14-8(6-11)5-10-15(12,13)7-9/h8,10H,2-7H2,1H3. The first-order chi connectivity index (χ1) is 7.07. The summed E-state index contributed by atoms with van der Waals surface area (Å²) in [5.41, 5.74) is 0. The van der Waals surface area contributed by atoms with E-state index in [2.05, 4.69) is 16.5 Å². The summed E-state index contributed by atoms with van der Waals surface area (Å²) in [4.78, 5) is 2.23. The summed E-state index contributed by atoms with van der Waals surface area (Å²) in [5.74, 6) is 0. The van der Waals surface area contributed by atoms with Crippen molar-refractivity contribution in [1.29, 1.82) is 0 Å². The summed E-state index contributed by atoms with van der Waals surface area (Å²) in [7, 11) is -3.33. The van der Waals surface area contributed by atoms with Gasteiger partial charge in [-0.2, -0.15) is 0 Å². The maximum atomic E-state index is 11.1. The predicted molar refractivity (Wildman–Crippen MR) is 59.5 cm³/mol. The van der Waals surface area contributed by atoms with Crippen LogP contribution in [0.25, 0.3) is 0 Å². The number of hydrogen-bond acceptors (Lipinski definition) is 4. The van der Waals surface area contributed by atoms with Crippen LogP contribution in [0.3, 0.4) is 0 Å². The molecule has 1 fully saturated rings. The highest BCUT2D eigenvalue weighted by Crippen LogP contribution is 2.04. The number of ether oxygens (including phenoxy) is 1. The molecule has 1 unspecified atom stereocenters. The zero-order valence-electron chi connectivity index (χ0n) is 8.78. The third-order valence-electron chi connectivity index (χ3n) is 2.34. The van der Waals surface area contributed by atoms with E-state index in [-0.39, 0.29) is 6.10 Å². The van der Waals surface area contributed by atoms with Gasteiger partial charge in [-0.05, 0) is 6.54 Å². The van der Waals surface area contributed by atoms with E-state index >= 15 is 0 Å². The first kappa shape index (κ1) is 13.2. The molecule has 0 radical (unpaired) electrons. The van der Waals surface area contributed by atoms with Crippen LogP contribution >= 0.6 is 11.6 Å². The third-order valence-corrected chi connectivity index (χ3v) is 4.10. The number of nitrogens with zero attached hydrogens (tertiary/aromatic N) is 1. The fourth-order valence-corrected chi connectivity index (χ4v) is 2.20. The van der Waals surface area contributed by atoms with Gasteiger partial charge in [0.2, 0.25) is 10.0 Å². The Morgan fingerprint density at radius 2 is 2.33 bits per heavy atom. The van der Waals surface area contributed by atoms with Crippen molar-refractivity contribution in [2.75, 3.05) is 38.0 Å². The minimum Gasteiger partial charge on any atom is -0.374 e. The molecule has 0 aromatic rings. The molecule has 0 bridgehead atoms. The molecule has 0 spiro atoms. The normalized spacial score (nSPS) is 24.3. The van der Waals surface area contributed by atoms with Gasteiger partial charge in [-0.3, -0.25) is 4.90 Å². The average Bonchev–Trinajstić information content (AvgIpc) is 2.27. The second-order valence-corrected chi connectivity index (χ2v) is 5.85. The number of morpholine rings is 1. The SMILES string of the molecule is CCN1CCOC(CNS(=O)(=O)CCl)C1. The van der Waals surface area contributed by atoms with Crippen LogP contribution < -0.4 is 4.72 Å². The average molecular weight is 257 g/mol. The van der Waals surface area contributed by atoms with Crippen molar-refractivity contribution in [3.05, 3.63) is 0 Å². The molecular weight excluding hydrogens is 240 g/mol. The highest BCUT2D eigenvalue weighted by Gasteiger charge is 2.20. The number of halogens is 1. The van der Waals surface area contributed by atoms with Crippen molar-refractivity contribution >= 4 is 21.6 Å². The molecule has 1 N–H and O–H groups in total. The molecule has 0 amide bonds. The molecule has 1 aliphatic heterocycles. The van der Waals surface area contributed by atoms with E-state index in [0.29, 0.717) is 13.2 Å². The second kappa shape index (κ2) is 6.00. The zero-order valence-corrected chi connectivity index (χ0v) is 10.4. The van der Waals surface area contributed by atoms with E-state index in [1.807, 2.05) is 0 Å². The quantitative estimate of drug-likeness (QED) is 0.694. The summed E-state index contributed by atoms with van der Waals surface area (Å²) in [5, 5.41) is -0.406. The molecule has 0 aromatic carbocycles. The van der Waals surface area contributed by atoms with Crippen LogP contribution in [-0.2, 0) is 14.8 Å². The highest BCUT2D eigenvalue weighted by molar-refractivity contribution is 7.90. The molecule has 1 atom stereocenters. The maximum absolute atomic E-state index is 11.1. The Morgan fingerprint density at radius 1 is 1.60 bits per heavy atom. The molecule has 90 valence electrons. The van der Waals surface area contributed by atoms with E-state index in [0.717, 1.165) is 19.6 Å². The molecule has 5 nitrogen and oxygen atoms in total. The van der Waals surface area contributed by atoms with Gasteiger partial charge in [0.15, 0.2) is 0 Å². The minimum absolute atomic E-state index is 0.0725. The summed E-state index contributed by atoms with van der Waals surface area (Å²) in [6, 6.07) is 0. The first-order valence-electron chi connectivity index (χ1n) is 4.94. The van der Waals surface area contributed by atoms with Crippen LogP contribution in [0.4, 0.5) is 0 Å². The van der Waals surface area contributed by atoms with Crippen molar-refractivity contribution < 1.29 is 13.2 Å². The number of nitrogens with one attached hydrogen (secondary N) is 1. The van der Waals surface area contributed by atoms with Crippen molar-refractivity contribution in [3.63, 3.8) is 0 Å². The maximum Gasteiger partial charge on any atom is 0.225 e. The zero-order chi connectivity index (χ0) is 11.3. The van der Waals surface area contributed by atoms with Gasteiger partial charge < -0.3 is 4.74 Å². The second-order valence-electron chi connectivity index (χ2n) is 3.46. The minimum atomic E-state index is -3.33. The monoisotopic (exact) mass is 256 g/mol. The van der Waals surface area contributed by atoms with Crippen LogP contribution in [0.15, 0.2) is 0 Å². The predicted octanol–water partition coefficient (Wildman–Crippen LogP) is -0.177. The molecule has 15 heavy (non-hydrogen) atoms. The molecule has 0 aromatic heterocycles. The van der Waals surface area contributed by atoms with Gasteiger partial charge in [-0.1, -0.05) is 6.92 Å². The summed E-state index contributed by atoms with van der Waals surface area (Å²) >= 11 is 5.27. The Balaban J connectivity index is 2.33. The molecule has 0 saturated carbocycles. The number of alkyl halides is 1. The van der Waals surface area contributed by atoms with Gasteiger partial charge in [0, 0.05) is 19.6 Å². The lowest BCUT2D eigenvalue weighted by atomic mass is 10.3.